The maximum absolute atomic E-state index is 14.5. The number of carbonyl (C=O) groups is 3. The molecule has 2 aliphatic heterocycles. The van der Waals surface area contributed by atoms with Crippen LogP contribution in [0.2, 0.25) is 0 Å². The van der Waals surface area contributed by atoms with Gasteiger partial charge in [0.25, 0.3) is 0 Å². The molecule has 0 aromatic heterocycles. The molecule has 3 amide bonds. The molecule has 2 fully saturated rings. The van der Waals surface area contributed by atoms with E-state index in [-0.39, 0.29) is 37.6 Å². The van der Waals surface area contributed by atoms with Crippen molar-refractivity contribution in [2.24, 2.45) is 17.8 Å². The van der Waals surface area contributed by atoms with Gasteiger partial charge in [-0.15, -0.1) is 0 Å². The molecule has 3 aliphatic rings. The highest BCUT2D eigenvalue weighted by molar-refractivity contribution is 5.86. The Morgan fingerprint density at radius 1 is 1.12 bits per heavy atom. The van der Waals surface area contributed by atoms with Crippen molar-refractivity contribution in [3.8, 4) is 11.5 Å². The lowest BCUT2D eigenvalue weighted by Gasteiger charge is -2.42. The molecule has 4 rings (SSSR count). The lowest BCUT2D eigenvalue weighted by Crippen LogP contribution is -2.61. The monoisotopic (exact) mass is 689 g/mol. The lowest BCUT2D eigenvalue weighted by molar-refractivity contribution is -0.150. The van der Waals surface area contributed by atoms with Crippen LogP contribution >= 0.6 is 0 Å². The second-order valence-electron chi connectivity index (χ2n) is 15.0. The van der Waals surface area contributed by atoms with Gasteiger partial charge < -0.3 is 43.9 Å². The van der Waals surface area contributed by atoms with Crippen molar-refractivity contribution < 1.29 is 43.2 Å². The first-order valence-electron chi connectivity index (χ1n) is 18.1. The summed E-state index contributed by atoms with van der Waals surface area (Å²) in [7, 11) is 1.66. The quantitative estimate of drug-likeness (QED) is 0.243. The van der Waals surface area contributed by atoms with Crippen LogP contribution in [0.5, 0.6) is 11.5 Å². The largest absolute Gasteiger partial charge is 0.493 e. The van der Waals surface area contributed by atoms with E-state index in [1.165, 1.54) is 4.90 Å². The Hall–Kier alpha value is -3.09. The summed E-state index contributed by atoms with van der Waals surface area (Å²) in [6, 6.07) is 3.68. The minimum atomic E-state index is -1.30. The molecule has 2 heterocycles. The van der Waals surface area contributed by atoms with Crippen molar-refractivity contribution in [3.63, 3.8) is 0 Å². The summed E-state index contributed by atoms with van der Waals surface area (Å²) >= 11 is 0. The fraction of sp³-hybridized carbons (Fsp3) is 0.757. The van der Waals surface area contributed by atoms with Crippen LogP contribution in [0.1, 0.15) is 84.8 Å². The van der Waals surface area contributed by atoms with Gasteiger partial charge >= 0.3 is 6.09 Å². The van der Waals surface area contributed by atoms with Crippen LogP contribution in [0.25, 0.3) is 0 Å². The van der Waals surface area contributed by atoms with Gasteiger partial charge in [-0.25, -0.2) is 4.79 Å². The van der Waals surface area contributed by atoms with Crippen LogP contribution in [-0.4, -0.2) is 110 Å². The number of likely N-dealkylation sites (tertiary alicyclic amines) is 1. The summed E-state index contributed by atoms with van der Waals surface area (Å²) in [5.74, 6) is -0.947. The van der Waals surface area contributed by atoms with E-state index in [4.69, 9.17) is 23.7 Å². The van der Waals surface area contributed by atoms with Crippen LogP contribution in [0.4, 0.5) is 4.79 Å². The van der Waals surface area contributed by atoms with E-state index in [0.717, 1.165) is 54.7 Å². The molecule has 2 N–H and O–H groups in total. The van der Waals surface area contributed by atoms with Gasteiger partial charge in [-0.3, -0.25) is 9.59 Å². The first kappa shape index (κ1) is 38.7. The molecular formula is C37H59N3O9. The molecule has 1 aliphatic carbocycles. The van der Waals surface area contributed by atoms with Crippen molar-refractivity contribution in [1.82, 2.24) is 15.1 Å². The van der Waals surface area contributed by atoms with Gasteiger partial charge in [0.05, 0.1) is 43.8 Å². The molecule has 276 valence electrons. The summed E-state index contributed by atoms with van der Waals surface area (Å²) in [5.41, 5.74) is 1.11. The van der Waals surface area contributed by atoms with E-state index in [9.17, 15) is 19.5 Å². The van der Waals surface area contributed by atoms with Crippen molar-refractivity contribution in [2.45, 2.75) is 110 Å². The maximum Gasteiger partial charge on any atom is 0.410 e. The molecule has 12 nitrogen and oxygen atoms in total. The van der Waals surface area contributed by atoms with Crippen LogP contribution in [-0.2, 0) is 36.8 Å². The lowest BCUT2D eigenvalue weighted by atomic mass is 9.84. The van der Waals surface area contributed by atoms with E-state index in [0.29, 0.717) is 45.4 Å². The Labute approximate surface area is 292 Å². The van der Waals surface area contributed by atoms with E-state index in [1.807, 2.05) is 19.1 Å². The molecule has 4 atom stereocenters. The summed E-state index contributed by atoms with van der Waals surface area (Å²) in [6.45, 7) is 14.1. The Balaban J connectivity index is 1.59. The minimum absolute atomic E-state index is 0.00600. The van der Waals surface area contributed by atoms with E-state index >= 15 is 0 Å². The predicted octanol–water partition coefficient (Wildman–Crippen LogP) is 4.33. The Bertz CT molecular complexity index is 1260. The molecule has 0 spiro atoms. The number of benzene rings is 1. The number of piperidine rings is 1. The molecule has 1 aromatic carbocycles. The average Bonchev–Trinajstić information content (AvgIpc) is 3.88. The summed E-state index contributed by atoms with van der Waals surface area (Å²) < 4.78 is 28.7. The minimum Gasteiger partial charge on any atom is -0.493 e. The highest BCUT2D eigenvalue weighted by Crippen LogP contribution is 2.38. The molecule has 12 heteroatoms. The van der Waals surface area contributed by atoms with E-state index in [2.05, 4.69) is 19.2 Å². The number of amides is 3. The van der Waals surface area contributed by atoms with Crippen LogP contribution in [0, 0.1) is 17.8 Å². The molecular weight excluding hydrogens is 630 g/mol. The fourth-order valence-corrected chi connectivity index (χ4v) is 6.56. The number of rotatable bonds is 16. The molecule has 4 unspecified atom stereocenters. The topological polar surface area (TPSA) is 136 Å². The highest BCUT2D eigenvalue weighted by Gasteiger charge is 2.48. The number of nitrogens with one attached hydrogen (secondary N) is 1. The zero-order valence-corrected chi connectivity index (χ0v) is 30.6. The van der Waals surface area contributed by atoms with Crippen LogP contribution < -0.4 is 14.8 Å². The number of ether oxygens (including phenoxy) is 5. The maximum atomic E-state index is 14.5. The van der Waals surface area contributed by atoms with E-state index < -0.39 is 35.5 Å². The number of nitrogens with zero attached hydrogens (tertiary/aromatic N) is 2. The fourth-order valence-electron chi connectivity index (χ4n) is 6.56. The first-order chi connectivity index (χ1) is 23.3. The standard InChI is InChI=1S/C37H59N3O9/c1-8-46-23-26(17-24(2)3)38-34(42)29-21-39(36(44)49-37(4,5)6)22-30(33(29)41)35(43)40(27-12-13-27)20-25-18-31-28(11-9-15-47-31)32(19-25)48-16-10-14-45-7/h18-19,24,26-27,29-30,33,41H,8-17,20-23H2,1-7H3,(H,38,42). The average molecular weight is 690 g/mol. The molecule has 0 radical (unpaired) electrons. The number of hydrogen-bond acceptors (Lipinski definition) is 9. The van der Waals surface area contributed by atoms with Gasteiger partial charge in [0.15, 0.2) is 0 Å². The van der Waals surface area contributed by atoms with E-state index in [1.54, 1.807) is 32.8 Å². The Morgan fingerprint density at radius 3 is 2.51 bits per heavy atom. The van der Waals surface area contributed by atoms with Gasteiger partial charge in [-0.2, -0.15) is 0 Å². The van der Waals surface area contributed by atoms with Crippen molar-refractivity contribution >= 4 is 17.9 Å². The third-order valence-electron chi connectivity index (χ3n) is 9.02. The summed E-state index contributed by atoms with van der Waals surface area (Å²) in [4.78, 5) is 44.9. The van der Waals surface area contributed by atoms with Gasteiger partial charge in [0, 0.05) is 58.0 Å². The number of methoxy groups -OCH3 is 1. The Morgan fingerprint density at radius 2 is 1.86 bits per heavy atom. The second-order valence-corrected chi connectivity index (χ2v) is 15.0. The van der Waals surface area contributed by atoms with Crippen molar-refractivity contribution in [3.05, 3.63) is 23.3 Å². The SMILES string of the molecule is CCOCC(CC(C)C)NC(=O)C1CN(C(=O)OC(C)(C)C)CC(C(=O)N(Cc2cc(OCCCOC)c3c(c2)OCCC3)C2CC2)C1O. The normalized spacial score (nSPS) is 21.4. The zero-order chi connectivity index (χ0) is 35.7. The first-order valence-corrected chi connectivity index (χ1v) is 18.1. The third-order valence-corrected chi connectivity index (χ3v) is 9.02. The zero-order valence-electron chi connectivity index (χ0n) is 30.6. The second kappa shape index (κ2) is 17.7. The summed E-state index contributed by atoms with van der Waals surface area (Å²) in [5, 5.41) is 14.8. The smallest absolute Gasteiger partial charge is 0.410 e. The number of hydrogen-bond donors (Lipinski definition) is 2. The highest BCUT2D eigenvalue weighted by atomic mass is 16.6. The van der Waals surface area contributed by atoms with Crippen LogP contribution in [0.15, 0.2) is 12.1 Å². The third kappa shape index (κ3) is 11.2. The van der Waals surface area contributed by atoms with Gasteiger partial charge in [-0.1, -0.05) is 13.8 Å². The van der Waals surface area contributed by atoms with Gasteiger partial charge in [-0.05, 0) is 83.4 Å². The molecule has 1 aromatic rings. The number of carbonyl (C=O) groups excluding carboxylic acids is 3. The van der Waals surface area contributed by atoms with Gasteiger partial charge in [0.2, 0.25) is 11.8 Å². The predicted molar refractivity (Wildman–Crippen MR) is 184 cm³/mol. The van der Waals surface area contributed by atoms with Gasteiger partial charge in [0.1, 0.15) is 17.1 Å². The summed E-state index contributed by atoms with van der Waals surface area (Å²) in [6.07, 6.45) is 2.93. The number of fused-ring (bicyclic) bond motifs is 1. The number of aliphatic hydroxyl groups excluding tert-OH is 1. The van der Waals surface area contributed by atoms with Crippen LogP contribution in [0.3, 0.4) is 0 Å². The Kier molecular flexibility index (Phi) is 14.0. The number of aliphatic hydroxyl groups is 1. The molecule has 49 heavy (non-hydrogen) atoms. The van der Waals surface area contributed by atoms with Crippen molar-refractivity contribution in [1.29, 1.82) is 0 Å². The molecule has 0 bridgehead atoms. The molecule has 1 saturated heterocycles. The van der Waals surface area contributed by atoms with Crippen molar-refractivity contribution in [2.75, 3.05) is 53.2 Å². The molecule has 1 saturated carbocycles.